The van der Waals surface area contributed by atoms with Gasteiger partial charge >= 0.3 is 6.03 Å². The molecule has 0 spiro atoms. The maximum Gasteiger partial charge on any atom is 0.319 e. The summed E-state index contributed by atoms with van der Waals surface area (Å²) >= 11 is 0. The molecule has 2 amide bonds. The number of ether oxygens (including phenoxy) is 2. The standard InChI is InChI=1S/C21H22N8O3/c1-23-17-9-16(26-13-3-2-4-15-18(13)32-8-7-31-15)28-19-14(10-25-29(17)19)27-20(30)24-12-21(11-22)5-6-21/h2-4,9-10,23H,5-8,12H2,1H3,(H,26,28)(H2,24,27,30). The van der Waals surface area contributed by atoms with E-state index in [-0.39, 0.29) is 0 Å². The molecule has 1 aliphatic carbocycles. The Balaban J connectivity index is 1.40. The summed E-state index contributed by atoms with van der Waals surface area (Å²) in [6.07, 6.45) is 3.14. The minimum Gasteiger partial charge on any atom is -0.486 e. The van der Waals surface area contributed by atoms with E-state index in [2.05, 4.69) is 37.4 Å². The molecule has 11 nitrogen and oxygen atoms in total. The second-order valence-corrected chi connectivity index (χ2v) is 7.72. The molecule has 32 heavy (non-hydrogen) atoms. The van der Waals surface area contributed by atoms with Gasteiger partial charge in [-0.1, -0.05) is 6.07 Å². The van der Waals surface area contributed by atoms with E-state index in [0.717, 1.165) is 18.5 Å². The summed E-state index contributed by atoms with van der Waals surface area (Å²) in [5, 5.41) is 25.4. The lowest BCUT2D eigenvalue weighted by Gasteiger charge is -2.21. The van der Waals surface area contributed by atoms with Gasteiger partial charge in [-0.05, 0) is 25.0 Å². The van der Waals surface area contributed by atoms with Gasteiger partial charge in [0.1, 0.15) is 30.5 Å². The number of fused-ring (bicyclic) bond motifs is 2. The summed E-state index contributed by atoms with van der Waals surface area (Å²) in [7, 11) is 1.78. The van der Waals surface area contributed by atoms with Gasteiger partial charge in [0, 0.05) is 19.7 Å². The Morgan fingerprint density at radius 2 is 2.12 bits per heavy atom. The molecule has 5 rings (SSSR count). The quantitative estimate of drug-likeness (QED) is 0.465. The molecule has 0 atom stereocenters. The van der Waals surface area contributed by atoms with Crippen molar-refractivity contribution in [2.75, 3.05) is 42.8 Å². The summed E-state index contributed by atoms with van der Waals surface area (Å²) < 4.78 is 13.0. The summed E-state index contributed by atoms with van der Waals surface area (Å²) in [5.41, 5.74) is 1.20. The summed E-state index contributed by atoms with van der Waals surface area (Å²) in [4.78, 5) is 17.0. The number of rotatable bonds is 6. The van der Waals surface area contributed by atoms with Crippen LogP contribution < -0.4 is 30.7 Å². The van der Waals surface area contributed by atoms with E-state index < -0.39 is 11.4 Å². The molecular formula is C21H22N8O3. The van der Waals surface area contributed by atoms with Crippen molar-refractivity contribution in [1.29, 1.82) is 5.26 Å². The van der Waals surface area contributed by atoms with Crippen molar-refractivity contribution >= 4 is 34.7 Å². The molecule has 164 valence electrons. The van der Waals surface area contributed by atoms with E-state index in [4.69, 9.17) is 9.47 Å². The Morgan fingerprint density at radius 3 is 2.91 bits per heavy atom. The number of carbonyl (C=O) groups excluding carboxylic acids is 1. The Kier molecular flexibility index (Phi) is 4.82. The number of para-hydroxylation sites is 1. The zero-order chi connectivity index (χ0) is 22.1. The normalized spacial score (nSPS) is 15.5. The number of hydrogen-bond donors (Lipinski definition) is 4. The number of carbonyl (C=O) groups is 1. The Morgan fingerprint density at radius 1 is 1.28 bits per heavy atom. The number of nitrogens with zero attached hydrogens (tertiary/aromatic N) is 4. The van der Waals surface area contributed by atoms with E-state index >= 15 is 0 Å². The molecule has 2 aromatic heterocycles. The van der Waals surface area contributed by atoms with E-state index in [1.54, 1.807) is 17.6 Å². The monoisotopic (exact) mass is 434 g/mol. The molecule has 2 aliphatic rings. The summed E-state index contributed by atoms with van der Waals surface area (Å²) in [5.74, 6) is 2.51. The minimum absolute atomic E-state index is 0.317. The molecule has 0 saturated heterocycles. The number of nitriles is 1. The van der Waals surface area contributed by atoms with Crippen molar-refractivity contribution in [2.45, 2.75) is 12.8 Å². The highest BCUT2D eigenvalue weighted by Crippen LogP contribution is 2.44. The van der Waals surface area contributed by atoms with Crippen LogP contribution in [0.1, 0.15) is 12.8 Å². The maximum absolute atomic E-state index is 12.4. The van der Waals surface area contributed by atoms with Gasteiger partial charge in [-0.2, -0.15) is 14.9 Å². The first-order chi connectivity index (χ1) is 15.6. The van der Waals surface area contributed by atoms with Crippen LogP contribution in [0.4, 0.5) is 27.8 Å². The lowest BCUT2D eigenvalue weighted by molar-refractivity contribution is 0.172. The van der Waals surface area contributed by atoms with Crippen molar-refractivity contribution in [3.63, 3.8) is 0 Å². The lowest BCUT2D eigenvalue weighted by atomic mass is 10.1. The van der Waals surface area contributed by atoms with Gasteiger partial charge < -0.3 is 30.7 Å². The van der Waals surface area contributed by atoms with Gasteiger partial charge in [0.05, 0.1) is 23.4 Å². The molecule has 1 aliphatic heterocycles. The minimum atomic E-state index is -0.423. The third-order valence-electron chi connectivity index (χ3n) is 5.48. The molecule has 0 unspecified atom stereocenters. The van der Waals surface area contributed by atoms with Crippen molar-refractivity contribution in [3.05, 3.63) is 30.5 Å². The maximum atomic E-state index is 12.4. The second-order valence-electron chi connectivity index (χ2n) is 7.72. The molecule has 1 saturated carbocycles. The molecule has 0 bridgehead atoms. The van der Waals surface area contributed by atoms with Gasteiger partial charge in [-0.25, -0.2) is 9.78 Å². The van der Waals surface area contributed by atoms with Gasteiger partial charge in [-0.3, -0.25) is 0 Å². The SMILES string of the molecule is CNc1cc(Nc2cccc3c2OCCO3)nc2c(NC(=O)NCC3(C#N)CC3)cnn12. The topological polar surface area (TPSA) is 138 Å². The number of amides is 2. The molecule has 1 aromatic carbocycles. The van der Waals surface area contributed by atoms with Crippen molar-refractivity contribution in [2.24, 2.45) is 5.41 Å². The first kappa shape index (κ1) is 19.7. The van der Waals surface area contributed by atoms with Crippen molar-refractivity contribution in [3.8, 4) is 17.6 Å². The fourth-order valence-electron chi connectivity index (χ4n) is 3.50. The van der Waals surface area contributed by atoms with Crippen LogP contribution in [0.5, 0.6) is 11.5 Å². The van der Waals surface area contributed by atoms with Crippen LogP contribution in [-0.2, 0) is 0 Å². The average Bonchev–Trinajstić information content (AvgIpc) is 3.51. The van der Waals surface area contributed by atoms with Gasteiger partial charge in [0.2, 0.25) is 0 Å². The fourth-order valence-corrected chi connectivity index (χ4v) is 3.50. The van der Waals surface area contributed by atoms with E-state index in [1.807, 2.05) is 18.2 Å². The third-order valence-corrected chi connectivity index (χ3v) is 5.48. The van der Waals surface area contributed by atoms with Crippen LogP contribution in [0.2, 0.25) is 0 Å². The van der Waals surface area contributed by atoms with Crippen LogP contribution in [0.15, 0.2) is 30.5 Å². The third kappa shape index (κ3) is 3.66. The fraction of sp³-hybridized carbons (Fsp3) is 0.333. The van der Waals surface area contributed by atoms with E-state index in [0.29, 0.717) is 54.2 Å². The number of urea groups is 1. The van der Waals surface area contributed by atoms with Gasteiger partial charge in [0.25, 0.3) is 0 Å². The molecule has 4 N–H and O–H groups in total. The predicted octanol–water partition coefficient (Wildman–Crippen LogP) is 2.71. The zero-order valence-corrected chi connectivity index (χ0v) is 17.4. The smallest absolute Gasteiger partial charge is 0.319 e. The predicted molar refractivity (Wildman–Crippen MR) is 118 cm³/mol. The van der Waals surface area contributed by atoms with Gasteiger partial charge in [-0.15, -0.1) is 0 Å². The summed E-state index contributed by atoms with van der Waals surface area (Å²) in [6, 6.07) is 9.26. The van der Waals surface area contributed by atoms with Crippen LogP contribution in [0.25, 0.3) is 5.65 Å². The molecule has 3 heterocycles. The van der Waals surface area contributed by atoms with Crippen LogP contribution >= 0.6 is 0 Å². The number of anilines is 4. The van der Waals surface area contributed by atoms with Crippen LogP contribution in [-0.4, -0.2) is 47.4 Å². The zero-order valence-electron chi connectivity index (χ0n) is 17.4. The highest BCUT2D eigenvalue weighted by atomic mass is 16.6. The highest BCUT2D eigenvalue weighted by molar-refractivity contribution is 5.93. The Labute approximate surface area is 183 Å². The molecule has 1 fully saturated rings. The van der Waals surface area contributed by atoms with Crippen molar-refractivity contribution in [1.82, 2.24) is 19.9 Å². The Hall–Kier alpha value is -4.20. The van der Waals surface area contributed by atoms with Crippen molar-refractivity contribution < 1.29 is 14.3 Å². The number of nitrogens with one attached hydrogen (secondary N) is 4. The molecule has 0 radical (unpaired) electrons. The molecule has 11 heteroatoms. The van der Waals surface area contributed by atoms with E-state index in [1.165, 1.54) is 6.20 Å². The molecule has 3 aromatic rings. The average molecular weight is 434 g/mol. The number of hydrogen-bond acceptors (Lipinski definition) is 8. The molecular weight excluding hydrogens is 412 g/mol. The number of benzene rings is 1. The largest absolute Gasteiger partial charge is 0.486 e. The first-order valence-corrected chi connectivity index (χ1v) is 10.3. The van der Waals surface area contributed by atoms with Gasteiger partial charge in [0.15, 0.2) is 17.1 Å². The second kappa shape index (κ2) is 7.81. The number of aromatic nitrogens is 3. The van der Waals surface area contributed by atoms with Crippen LogP contribution in [0.3, 0.4) is 0 Å². The lowest BCUT2D eigenvalue weighted by Crippen LogP contribution is -2.33. The van der Waals surface area contributed by atoms with Crippen LogP contribution in [0, 0.1) is 16.7 Å². The Bertz CT molecular complexity index is 1230. The first-order valence-electron chi connectivity index (χ1n) is 10.3. The summed E-state index contributed by atoms with van der Waals surface area (Å²) in [6.45, 7) is 1.30. The van der Waals surface area contributed by atoms with E-state index in [9.17, 15) is 10.1 Å². The highest BCUT2D eigenvalue weighted by Gasteiger charge is 2.43.